The van der Waals surface area contributed by atoms with Crippen LogP contribution in [0.25, 0.3) is 0 Å². The average Bonchev–Trinajstić information content (AvgIpc) is 2.76. The van der Waals surface area contributed by atoms with Gasteiger partial charge in [-0.3, -0.25) is 4.79 Å². The highest BCUT2D eigenvalue weighted by molar-refractivity contribution is 5.94. The van der Waals surface area contributed by atoms with E-state index in [0.717, 1.165) is 18.9 Å². The number of anilines is 1. The minimum Gasteiger partial charge on any atom is -0.394 e. The number of nitrogens with one attached hydrogen (secondary N) is 1. The van der Waals surface area contributed by atoms with Crippen LogP contribution < -0.4 is 10.2 Å². The predicted octanol–water partition coefficient (Wildman–Crippen LogP) is 1.57. The van der Waals surface area contributed by atoms with Crippen molar-refractivity contribution >= 4 is 11.7 Å². The molecule has 1 amide bonds. The van der Waals surface area contributed by atoms with Gasteiger partial charge in [0.05, 0.1) is 12.2 Å². The first-order valence-electron chi connectivity index (χ1n) is 7.33. The van der Waals surface area contributed by atoms with Gasteiger partial charge in [0.15, 0.2) is 0 Å². The molecule has 1 aromatic heterocycles. The Labute approximate surface area is 120 Å². The maximum absolute atomic E-state index is 11.9. The van der Waals surface area contributed by atoms with Crippen molar-refractivity contribution in [3.8, 4) is 0 Å². The molecule has 0 bridgehead atoms. The van der Waals surface area contributed by atoms with Crippen LogP contribution in [-0.4, -0.2) is 41.7 Å². The fraction of sp³-hybridized carbons (Fsp3) is 0.600. The highest BCUT2D eigenvalue weighted by Gasteiger charge is 2.13. The van der Waals surface area contributed by atoms with Crippen LogP contribution in [0, 0.1) is 0 Å². The summed E-state index contributed by atoms with van der Waals surface area (Å²) in [5, 5.41) is 11.6. The summed E-state index contributed by atoms with van der Waals surface area (Å²) in [6.07, 6.45) is 6.60. The first-order valence-corrected chi connectivity index (χ1v) is 7.33. The number of aromatic nitrogens is 1. The minimum atomic E-state index is -0.243. The third-order valence-electron chi connectivity index (χ3n) is 3.59. The number of rotatable bonds is 4. The molecule has 1 saturated heterocycles. The van der Waals surface area contributed by atoms with Crippen molar-refractivity contribution in [1.82, 2.24) is 10.3 Å². The van der Waals surface area contributed by atoms with Gasteiger partial charge in [0.2, 0.25) is 0 Å². The molecule has 1 aliphatic heterocycles. The lowest BCUT2D eigenvalue weighted by molar-refractivity contribution is 0.0922. The largest absolute Gasteiger partial charge is 0.394 e. The molecule has 1 atom stereocenters. The van der Waals surface area contributed by atoms with Crippen LogP contribution >= 0.6 is 0 Å². The van der Waals surface area contributed by atoms with Crippen molar-refractivity contribution in [3.05, 3.63) is 23.9 Å². The smallest absolute Gasteiger partial charge is 0.253 e. The van der Waals surface area contributed by atoms with Gasteiger partial charge in [-0.25, -0.2) is 4.98 Å². The van der Waals surface area contributed by atoms with Crippen molar-refractivity contribution in [3.63, 3.8) is 0 Å². The van der Waals surface area contributed by atoms with Crippen LogP contribution in [0.1, 0.15) is 43.0 Å². The predicted molar refractivity (Wildman–Crippen MR) is 78.9 cm³/mol. The molecule has 1 aromatic rings. The molecule has 20 heavy (non-hydrogen) atoms. The molecule has 1 fully saturated rings. The number of pyridine rings is 1. The van der Waals surface area contributed by atoms with Gasteiger partial charge in [0.25, 0.3) is 5.91 Å². The number of aliphatic hydroxyl groups excluding tert-OH is 1. The summed E-state index contributed by atoms with van der Waals surface area (Å²) >= 11 is 0. The standard InChI is InChI=1S/C15H23N3O2/c1-12(11-19)17-15(20)13-6-7-14(16-10-13)18-8-4-2-3-5-9-18/h6-7,10,12,19H,2-5,8-9,11H2,1H3,(H,17,20). The van der Waals surface area contributed by atoms with Crippen LogP contribution in [0.3, 0.4) is 0 Å². The second-order valence-corrected chi connectivity index (χ2v) is 5.36. The zero-order valence-corrected chi connectivity index (χ0v) is 12.0. The first-order chi connectivity index (χ1) is 9.70. The summed E-state index contributed by atoms with van der Waals surface area (Å²) in [7, 11) is 0. The molecule has 5 heteroatoms. The molecule has 2 heterocycles. The van der Waals surface area contributed by atoms with E-state index in [1.165, 1.54) is 25.7 Å². The summed E-state index contributed by atoms with van der Waals surface area (Å²) in [5.41, 5.74) is 0.531. The monoisotopic (exact) mass is 277 g/mol. The third kappa shape index (κ3) is 3.93. The van der Waals surface area contributed by atoms with Gasteiger partial charge in [0.1, 0.15) is 5.82 Å². The van der Waals surface area contributed by atoms with Gasteiger partial charge in [0, 0.05) is 25.3 Å². The van der Waals surface area contributed by atoms with Crippen molar-refractivity contribution in [2.75, 3.05) is 24.6 Å². The number of nitrogens with zero attached hydrogens (tertiary/aromatic N) is 2. The van der Waals surface area contributed by atoms with E-state index in [9.17, 15) is 4.79 Å². The van der Waals surface area contributed by atoms with Crippen molar-refractivity contribution in [1.29, 1.82) is 0 Å². The van der Waals surface area contributed by atoms with E-state index < -0.39 is 0 Å². The summed E-state index contributed by atoms with van der Waals surface area (Å²) in [6, 6.07) is 3.46. The molecule has 1 unspecified atom stereocenters. The third-order valence-corrected chi connectivity index (χ3v) is 3.59. The van der Waals surface area contributed by atoms with E-state index in [1.807, 2.05) is 6.07 Å². The van der Waals surface area contributed by atoms with Gasteiger partial charge in [-0.1, -0.05) is 12.8 Å². The molecule has 0 aromatic carbocycles. The maximum Gasteiger partial charge on any atom is 0.253 e. The van der Waals surface area contributed by atoms with Crippen LogP contribution in [0.4, 0.5) is 5.82 Å². The molecule has 0 spiro atoms. The molecule has 0 radical (unpaired) electrons. The van der Waals surface area contributed by atoms with Gasteiger partial charge in [-0.05, 0) is 31.9 Å². The van der Waals surface area contributed by atoms with Gasteiger partial charge < -0.3 is 15.3 Å². The van der Waals surface area contributed by atoms with Crippen molar-refractivity contribution in [2.45, 2.75) is 38.6 Å². The Balaban J connectivity index is 2.00. The fourth-order valence-corrected chi connectivity index (χ4v) is 2.36. The average molecular weight is 277 g/mol. The molecule has 2 N–H and O–H groups in total. The maximum atomic E-state index is 11.9. The van der Waals surface area contributed by atoms with Crippen molar-refractivity contribution < 1.29 is 9.90 Å². The molecular weight excluding hydrogens is 254 g/mol. The first kappa shape index (κ1) is 14.8. The fourth-order valence-electron chi connectivity index (χ4n) is 2.36. The molecule has 0 saturated carbocycles. The number of aliphatic hydroxyl groups is 1. The van der Waals surface area contributed by atoms with E-state index in [1.54, 1.807) is 19.2 Å². The van der Waals surface area contributed by atoms with Crippen LogP contribution in [0.5, 0.6) is 0 Å². The summed E-state index contributed by atoms with van der Waals surface area (Å²) in [4.78, 5) is 18.6. The Hall–Kier alpha value is -1.62. The second-order valence-electron chi connectivity index (χ2n) is 5.36. The van der Waals surface area contributed by atoms with E-state index in [-0.39, 0.29) is 18.6 Å². The molecule has 2 rings (SSSR count). The van der Waals surface area contributed by atoms with Crippen molar-refractivity contribution in [2.24, 2.45) is 0 Å². The lowest BCUT2D eigenvalue weighted by Crippen LogP contribution is -2.35. The van der Waals surface area contributed by atoms with Gasteiger partial charge in [-0.15, -0.1) is 0 Å². The normalized spacial score (nSPS) is 17.4. The molecule has 1 aliphatic rings. The number of hydrogen-bond acceptors (Lipinski definition) is 4. The lowest BCUT2D eigenvalue weighted by atomic mass is 10.2. The Kier molecular flexibility index (Phi) is 5.35. The van der Waals surface area contributed by atoms with E-state index in [2.05, 4.69) is 15.2 Å². The van der Waals surface area contributed by atoms with E-state index >= 15 is 0 Å². The topological polar surface area (TPSA) is 65.5 Å². The summed E-state index contributed by atoms with van der Waals surface area (Å²) in [6.45, 7) is 3.78. The van der Waals surface area contributed by atoms with Crippen LogP contribution in [-0.2, 0) is 0 Å². The summed E-state index contributed by atoms with van der Waals surface area (Å²) < 4.78 is 0. The number of carbonyl (C=O) groups excluding carboxylic acids is 1. The van der Waals surface area contributed by atoms with Crippen LogP contribution in [0.15, 0.2) is 18.3 Å². The highest BCUT2D eigenvalue weighted by atomic mass is 16.3. The number of amides is 1. The quantitative estimate of drug-likeness (QED) is 0.877. The minimum absolute atomic E-state index is 0.0645. The van der Waals surface area contributed by atoms with Gasteiger partial charge in [-0.2, -0.15) is 0 Å². The zero-order valence-electron chi connectivity index (χ0n) is 12.0. The Morgan fingerprint density at radius 2 is 2.05 bits per heavy atom. The Morgan fingerprint density at radius 1 is 1.35 bits per heavy atom. The van der Waals surface area contributed by atoms with Gasteiger partial charge >= 0.3 is 0 Å². The van der Waals surface area contributed by atoms with E-state index in [0.29, 0.717) is 5.56 Å². The molecular formula is C15H23N3O2. The Morgan fingerprint density at radius 3 is 2.60 bits per heavy atom. The number of carbonyl (C=O) groups is 1. The number of hydrogen-bond donors (Lipinski definition) is 2. The summed E-state index contributed by atoms with van der Waals surface area (Å²) in [5.74, 6) is 0.750. The highest BCUT2D eigenvalue weighted by Crippen LogP contribution is 2.17. The molecule has 5 nitrogen and oxygen atoms in total. The Bertz CT molecular complexity index is 425. The molecule has 0 aliphatic carbocycles. The zero-order chi connectivity index (χ0) is 14.4. The second kappa shape index (κ2) is 7.24. The molecule has 110 valence electrons. The lowest BCUT2D eigenvalue weighted by Gasteiger charge is -2.21. The van der Waals surface area contributed by atoms with E-state index in [4.69, 9.17) is 5.11 Å². The van der Waals surface area contributed by atoms with Crippen LogP contribution in [0.2, 0.25) is 0 Å². The SMILES string of the molecule is CC(CO)NC(=O)c1ccc(N2CCCCCC2)nc1.